The van der Waals surface area contributed by atoms with Crippen LogP contribution in [0.5, 0.6) is 0 Å². The van der Waals surface area contributed by atoms with Gasteiger partial charge in [0.2, 0.25) is 0 Å². The van der Waals surface area contributed by atoms with Gasteiger partial charge in [0, 0.05) is 35.7 Å². The van der Waals surface area contributed by atoms with Gasteiger partial charge in [0.1, 0.15) is 0 Å². The summed E-state index contributed by atoms with van der Waals surface area (Å²) < 4.78 is 5.41. The van der Waals surface area contributed by atoms with Gasteiger partial charge in [0.05, 0.1) is 6.61 Å². The van der Waals surface area contributed by atoms with E-state index in [1.54, 1.807) is 0 Å². The molecule has 0 aliphatic rings. The largest absolute Gasteiger partial charge is 0.380 e. The van der Waals surface area contributed by atoms with Crippen LogP contribution < -0.4 is 4.90 Å². The van der Waals surface area contributed by atoms with E-state index in [1.165, 1.54) is 11.3 Å². The summed E-state index contributed by atoms with van der Waals surface area (Å²) in [7, 11) is 0. The number of anilines is 1. The summed E-state index contributed by atoms with van der Waals surface area (Å²) >= 11 is 9.51. The molecule has 0 saturated heterocycles. The van der Waals surface area contributed by atoms with Gasteiger partial charge in [-0.2, -0.15) is 0 Å². The van der Waals surface area contributed by atoms with Gasteiger partial charge in [-0.1, -0.05) is 27.5 Å². The molecular formula is C13H19BrClNO. The van der Waals surface area contributed by atoms with Gasteiger partial charge in [-0.3, -0.25) is 0 Å². The smallest absolute Gasteiger partial charge is 0.0641 e. The standard InChI is InChI=1S/C13H19BrClNO/c1-3-16(7-8-17-4-2)13-6-5-12(15)9-11(13)10-14/h5-6,9H,3-4,7-8,10H2,1-2H3. The Morgan fingerprint density at radius 2 is 2.12 bits per heavy atom. The molecule has 1 rings (SSSR count). The van der Waals surface area contributed by atoms with Crippen LogP contribution in [0.4, 0.5) is 5.69 Å². The molecule has 0 spiro atoms. The molecule has 0 saturated carbocycles. The van der Waals surface area contributed by atoms with Crippen molar-refractivity contribution in [2.75, 3.05) is 31.2 Å². The highest BCUT2D eigenvalue weighted by atomic mass is 79.9. The predicted molar refractivity (Wildman–Crippen MR) is 78.5 cm³/mol. The second kappa shape index (κ2) is 7.96. The Morgan fingerprint density at radius 1 is 1.35 bits per heavy atom. The molecule has 0 bridgehead atoms. The fourth-order valence-electron chi connectivity index (χ4n) is 1.74. The summed E-state index contributed by atoms with van der Waals surface area (Å²) in [6.07, 6.45) is 0. The summed E-state index contributed by atoms with van der Waals surface area (Å²) in [5, 5.41) is 1.60. The highest BCUT2D eigenvalue weighted by molar-refractivity contribution is 9.08. The molecule has 0 aliphatic heterocycles. The van der Waals surface area contributed by atoms with Crippen molar-refractivity contribution in [3.05, 3.63) is 28.8 Å². The van der Waals surface area contributed by atoms with Crippen LogP contribution >= 0.6 is 27.5 Å². The van der Waals surface area contributed by atoms with Gasteiger partial charge in [-0.25, -0.2) is 0 Å². The fourth-order valence-corrected chi connectivity index (χ4v) is 2.38. The van der Waals surface area contributed by atoms with Crippen LogP contribution in [0.25, 0.3) is 0 Å². The quantitative estimate of drug-likeness (QED) is 0.554. The summed E-state index contributed by atoms with van der Waals surface area (Å²) in [6, 6.07) is 6.02. The van der Waals surface area contributed by atoms with Crippen molar-refractivity contribution in [1.29, 1.82) is 0 Å². The van der Waals surface area contributed by atoms with E-state index in [-0.39, 0.29) is 0 Å². The maximum absolute atomic E-state index is 6.01. The zero-order valence-electron chi connectivity index (χ0n) is 10.4. The minimum absolute atomic E-state index is 0.759. The number of hydrogen-bond acceptors (Lipinski definition) is 2. The molecule has 0 fully saturated rings. The molecule has 1 aromatic rings. The van der Waals surface area contributed by atoms with E-state index in [4.69, 9.17) is 16.3 Å². The van der Waals surface area contributed by atoms with E-state index in [2.05, 4.69) is 33.8 Å². The average molecular weight is 321 g/mol. The molecule has 17 heavy (non-hydrogen) atoms. The molecule has 0 amide bonds. The minimum Gasteiger partial charge on any atom is -0.380 e. The lowest BCUT2D eigenvalue weighted by Gasteiger charge is -2.25. The summed E-state index contributed by atoms with van der Waals surface area (Å²) in [4.78, 5) is 2.31. The van der Waals surface area contributed by atoms with E-state index < -0.39 is 0 Å². The number of halogens is 2. The minimum atomic E-state index is 0.759. The van der Waals surface area contributed by atoms with Crippen LogP contribution in [0.2, 0.25) is 5.02 Å². The third-order valence-electron chi connectivity index (χ3n) is 2.62. The first-order valence-corrected chi connectivity index (χ1v) is 7.39. The summed E-state index contributed by atoms with van der Waals surface area (Å²) in [6.45, 7) is 7.57. The zero-order chi connectivity index (χ0) is 12.7. The molecular weight excluding hydrogens is 302 g/mol. The fraction of sp³-hybridized carbons (Fsp3) is 0.538. The number of ether oxygens (including phenoxy) is 1. The molecule has 0 radical (unpaired) electrons. The van der Waals surface area contributed by atoms with Crippen LogP contribution in [0.3, 0.4) is 0 Å². The summed E-state index contributed by atoms with van der Waals surface area (Å²) in [5.41, 5.74) is 2.45. The Labute approximate surface area is 117 Å². The number of likely N-dealkylation sites (N-methyl/N-ethyl adjacent to an activating group) is 1. The average Bonchev–Trinajstić information content (AvgIpc) is 2.35. The molecule has 0 aromatic heterocycles. The van der Waals surface area contributed by atoms with Gasteiger partial charge >= 0.3 is 0 Å². The van der Waals surface area contributed by atoms with Gasteiger partial charge < -0.3 is 9.64 Å². The normalized spacial score (nSPS) is 10.6. The third kappa shape index (κ3) is 4.49. The lowest BCUT2D eigenvalue weighted by molar-refractivity contribution is 0.154. The van der Waals surface area contributed by atoms with Crippen LogP contribution in [0.1, 0.15) is 19.4 Å². The Balaban J connectivity index is 2.79. The molecule has 2 nitrogen and oxygen atoms in total. The Kier molecular flexibility index (Phi) is 6.93. The lowest BCUT2D eigenvalue weighted by Crippen LogP contribution is -2.28. The first-order valence-electron chi connectivity index (χ1n) is 5.90. The second-order valence-electron chi connectivity index (χ2n) is 3.68. The lowest BCUT2D eigenvalue weighted by atomic mass is 10.2. The Bertz CT molecular complexity index is 346. The topological polar surface area (TPSA) is 12.5 Å². The molecule has 0 aliphatic carbocycles. The van der Waals surface area contributed by atoms with Gasteiger partial charge in [-0.15, -0.1) is 0 Å². The first-order chi connectivity index (χ1) is 8.22. The number of benzene rings is 1. The molecule has 96 valence electrons. The second-order valence-corrected chi connectivity index (χ2v) is 4.68. The number of nitrogens with zero attached hydrogens (tertiary/aromatic N) is 1. The van der Waals surface area contributed by atoms with Crippen LogP contribution in [-0.4, -0.2) is 26.3 Å². The van der Waals surface area contributed by atoms with Crippen LogP contribution in [0.15, 0.2) is 18.2 Å². The maximum atomic E-state index is 6.01. The monoisotopic (exact) mass is 319 g/mol. The van der Waals surface area contributed by atoms with Crippen molar-refractivity contribution < 1.29 is 4.74 Å². The van der Waals surface area contributed by atoms with Crippen LogP contribution in [-0.2, 0) is 10.1 Å². The molecule has 1 aromatic carbocycles. The Morgan fingerprint density at radius 3 is 2.71 bits per heavy atom. The molecule has 0 heterocycles. The van der Waals surface area contributed by atoms with Crippen LogP contribution in [0, 0.1) is 0 Å². The van der Waals surface area contributed by atoms with Crippen molar-refractivity contribution >= 4 is 33.2 Å². The van der Waals surface area contributed by atoms with E-state index in [9.17, 15) is 0 Å². The van der Waals surface area contributed by atoms with E-state index >= 15 is 0 Å². The molecule has 0 unspecified atom stereocenters. The maximum Gasteiger partial charge on any atom is 0.0641 e. The number of rotatable bonds is 7. The molecule has 0 atom stereocenters. The number of hydrogen-bond donors (Lipinski definition) is 0. The molecule has 0 N–H and O–H groups in total. The van der Waals surface area contributed by atoms with Gasteiger partial charge in [0.25, 0.3) is 0 Å². The zero-order valence-corrected chi connectivity index (χ0v) is 12.7. The number of alkyl halides is 1. The summed E-state index contributed by atoms with van der Waals surface area (Å²) in [5.74, 6) is 0. The predicted octanol–water partition coefficient (Wildman–Crippen LogP) is 4.10. The highest BCUT2D eigenvalue weighted by Crippen LogP contribution is 2.26. The van der Waals surface area contributed by atoms with Crippen molar-refractivity contribution in [3.63, 3.8) is 0 Å². The van der Waals surface area contributed by atoms with Gasteiger partial charge in [-0.05, 0) is 37.6 Å². The van der Waals surface area contributed by atoms with E-state index in [0.717, 1.165) is 36.7 Å². The van der Waals surface area contributed by atoms with E-state index in [1.807, 2.05) is 19.1 Å². The SMILES string of the molecule is CCOCCN(CC)c1ccc(Cl)cc1CBr. The van der Waals surface area contributed by atoms with Gasteiger partial charge in [0.15, 0.2) is 0 Å². The third-order valence-corrected chi connectivity index (χ3v) is 3.46. The van der Waals surface area contributed by atoms with Crippen molar-refractivity contribution in [1.82, 2.24) is 0 Å². The molecule has 4 heteroatoms. The Hall–Kier alpha value is -0.250. The highest BCUT2D eigenvalue weighted by Gasteiger charge is 2.09. The van der Waals surface area contributed by atoms with Crippen molar-refractivity contribution in [2.24, 2.45) is 0 Å². The van der Waals surface area contributed by atoms with Crippen molar-refractivity contribution in [2.45, 2.75) is 19.2 Å². The van der Waals surface area contributed by atoms with Crippen molar-refractivity contribution in [3.8, 4) is 0 Å². The first kappa shape index (κ1) is 14.8. The van der Waals surface area contributed by atoms with E-state index in [0.29, 0.717) is 0 Å².